The first kappa shape index (κ1) is 27.4. The molecule has 2 N–H and O–H groups in total. The smallest absolute Gasteiger partial charge is 0.376 e. The molecule has 198 valence electrons. The van der Waals surface area contributed by atoms with E-state index in [-0.39, 0.29) is 41.2 Å². The van der Waals surface area contributed by atoms with Crippen LogP contribution in [0.1, 0.15) is 12.1 Å². The van der Waals surface area contributed by atoms with Gasteiger partial charge in [-0.25, -0.2) is 9.37 Å². The molecular weight excluding hydrogens is 525 g/mol. The van der Waals surface area contributed by atoms with Gasteiger partial charge in [0.15, 0.2) is 5.65 Å². The van der Waals surface area contributed by atoms with Crippen molar-refractivity contribution < 1.29 is 22.1 Å². The monoisotopic (exact) mass is 553 g/mol. The second kappa shape index (κ2) is 11.0. The van der Waals surface area contributed by atoms with E-state index in [4.69, 9.17) is 0 Å². The van der Waals surface area contributed by atoms with E-state index < -0.39 is 24.9 Å². The Morgan fingerprint density at radius 1 is 1.22 bits per heavy atom. The van der Waals surface area contributed by atoms with Gasteiger partial charge < -0.3 is 20.1 Å². The van der Waals surface area contributed by atoms with E-state index in [1.807, 2.05) is 11.9 Å². The van der Waals surface area contributed by atoms with Crippen molar-refractivity contribution >= 4 is 41.2 Å². The lowest BCUT2D eigenvalue weighted by Gasteiger charge is -2.33. The van der Waals surface area contributed by atoms with Gasteiger partial charge in [-0.1, -0.05) is 5.92 Å². The fourth-order valence-electron chi connectivity index (χ4n) is 4.08. The number of hydrogen-bond donors (Lipinski definition) is 2. The predicted octanol–water partition coefficient (Wildman–Crippen LogP) is 5.11. The van der Waals surface area contributed by atoms with Crippen LogP contribution in [-0.2, 0) is 4.57 Å². The lowest BCUT2D eigenvalue weighted by Crippen LogP contribution is -2.46. The summed E-state index contributed by atoms with van der Waals surface area (Å²) in [4.78, 5) is 6.30. The zero-order chi connectivity index (χ0) is 26.8. The summed E-state index contributed by atoms with van der Waals surface area (Å²) in [6, 6.07) is 9.95. The number of rotatable bonds is 6. The summed E-state index contributed by atoms with van der Waals surface area (Å²) in [6.07, 6.45) is 0.949. The molecule has 2 aromatic heterocycles. The fourth-order valence-corrected chi connectivity index (χ4v) is 5.60. The van der Waals surface area contributed by atoms with Crippen molar-refractivity contribution in [3.05, 3.63) is 48.3 Å². The maximum absolute atomic E-state index is 14.6. The largest absolute Gasteiger partial charge is 0.447 e. The van der Waals surface area contributed by atoms with Gasteiger partial charge in [-0.15, -0.1) is 0 Å². The SMILES string of the molecule is CN1CC[C@@H](Nc2cccn3c(SC(F)(F)F)c(C#CCNc4ccc(P(C)(C)=O)cc4)nc23)[C@@H](F)C1. The Bertz CT molecular complexity index is 1360. The minimum atomic E-state index is -4.54. The molecule has 1 aliphatic rings. The van der Waals surface area contributed by atoms with Crippen LogP contribution < -0.4 is 15.9 Å². The summed E-state index contributed by atoms with van der Waals surface area (Å²) in [5.74, 6) is 5.59. The Hall–Kier alpha value is -2.67. The van der Waals surface area contributed by atoms with E-state index in [1.165, 1.54) is 10.6 Å². The van der Waals surface area contributed by atoms with Crippen molar-refractivity contribution in [2.24, 2.45) is 0 Å². The van der Waals surface area contributed by atoms with Crippen LogP contribution in [0, 0.1) is 11.8 Å². The van der Waals surface area contributed by atoms with Crippen LogP contribution in [0.3, 0.4) is 0 Å². The minimum absolute atomic E-state index is 0.00759. The molecule has 0 radical (unpaired) electrons. The number of aromatic nitrogens is 2. The fraction of sp³-hybridized carbons (Fsp3) is 0.400. The van der Waals surface area contributed by atoms with Gasteiger partial charge in [0, 0.05) is 42.0 Å². The highest BCUT2D eigenvalue weighted by atomic mass is 32.2. The molecule has 3 heterocycles. The van der Waals surface area contributed by atoms with Gasteiger partial charge in [0.1, 0.15) is 24.0 Å². The number of pyridine rings is 1. The minimum Gasteiger partial charge on any atom is -0.376 e. The first-order chi connectivity index (χ1) is 17.4. The Labute approximate surface area is 217 Å². The Morgan fingerprint density at radius 3 is 2.59 bits per heavy atom. The van der Waals surface area contributed by atoms with Crippen molar-refractivity contribution in [2.45, 2.75) is 29.2 Å². The summed E-state index contributed by atoms with van der Waals surface area (Å²) in [6.45, 7) is 4.55. The average molecular weight is 554 g/mol. The van der Waals surface area contributed by atoms with Crippen molar-refractivity contribution in [3.8, 4) is 11.8 Å². The molecule has 3 aromatic rings. The number of thioether (sulfide) groups is 1. The highest BCUT2D eigenvalue weighted by molar-refractivity contribution is 8.00. The number of alkyl halides is 4. The van der Waals surface area contributed by atoms with E-state index in [0.29, 0.717) is 18.7 Å². The van der Waals surface area contributed by atoms with Crippen LogP contribution in [0.4, 0.5) is 28.9 Å². The molecule has 0 bridgehead atoms. The van der Waals surface area contributed by atoms with Crippen molar-refractivity contribution in [1.29, 1.82) is 0 Å². The summed E-state index contributed by atoms with van der Waals surface area (Å²) < 4.78 is 68.2. The van der Waals surface area contributed by atoms with Crippen LogP contribution in [0.2, 0.25) is 0 Å². The maximum Gasteiger partial charge on any atom is 0.447 e. The number of anilines is 2. The molecule has 2 atom stereocenters. The number of fused-ring (bicyclic) bond motifs is 1. The summed E-state index contributed by atoms with van der Waals surface area (Å²) in [7, 11) is -0.509. The van der Waals surface area contributed by atoms with Gasteiger partial charge in [0.05, 0.1) is 18.3 Å². The third-order valence-electron chi connectivity index (χ3n) is 5.98. The van der Waals surface area contributed by atoms with Crippen LogP contribution in [0.15, 0.2) is 47.6 Å². The van der Waals surface area contributed by atoms with Crippen molar-refractivity contribution in [2.75, 3.05) is 50.6 Å². The van der Waals surface area contributed by atoms with Gasteiger partial charge in [0.25, 0.3) is 0 Å². The number of imidazole rings is 1. The highest BCUT2D eigenvalue weighted by Crippen LogP contribution is 2.39. The van der Waals surface area contributed by atoms with Crippen LogP contribution in [0.5, 0.6) is 0 Å². The quantitative estimate of drug-likeness (QED) is 0.192. The van der Waals surface area contributed by atoms with Crippen molar-refractivity contribution in [1.82, 2.24) is 14.3 Å². The second-order valence-electron chi connectivity index (χ2n) is 9.30. The normalized spacial score (nSPS) is 18.9. The Kier molecular flexibility index (Phi) is 8.12. The Morgan fingerprint density at radius 2 is 1.95 bits per heavy atom. The summed E-state index contributed by atoms with van der Waals surface area (Å²) >= 11 is -0.280. The first-order valence-corrected chi connectivity index (χ1v) is 15.1. The summed E-state index contributed by atoms with van der Waals surface area (Å²) in [5.41, 5.74) is -3.08. The number of nitrogens with zero attached hydrogens (tertiary/aromatic N) is 3. The first-order valence-electron chi connectivity index (χ1n) is 11.6. The molecule has 0 aliphatic carbocycles. The standard InChI is InChI=1S/C25H28F4N5OPS/c1-33-15-12-20(19(26)16-33)31-21-7-5-14-34-23(21)32-22(24(34)37-25(27,28)29)6-4-13-30-17-8-10-18(11-9-17)36(2,3)35/h5,7-11,14,19-20,30-31H,12-13,15-16H2,1-3H3/t19-,20+/m0/s1. The predicted molar refractivity (Wildman–Crippen MR) is 142 cm³/mol. The lowest BCUT2D eigenvalue weighted by atomic mass is 10.0. The summed E-state index contributed by atoms with van der Waals surface area (Å²) in [5, 5.41) is 6.84. The van der Waals surface area contributed by atoms with Gasteiger partial charge >= 0.3 is 5.51 Å². The van der Waals surface area contributed by atoms with E-state index in [0.717, 1.165) is 11.0 Å². The van der Waals surface area contributed by atoms with Crippen LogP contribution in [-0.4, -0.2) is 72.0 Å². The molecular formula is C25H28F4N5OPS. The third kappa shape index (κ3) is 7.01. The number of piperidine rings is 1. The zero-order valence-electron chi connectivity index (χ0n) is 20.6. The molecule has 4 rings (SSSR count). The molecule has 0 saturated carbocycles. The lowest BCUT2D eigenvalue weighted by molar-refractivity contribution is -0.0329. The molecule has 1 aromatic carbocycles. The zero-order valence-corrected chi connectivity index (χ0v) is 22.4. The molecule has 1 saturated heterocycles. The van der Waals surface area contributed by atoms with E-state index in [9.17, 15) is 22.1 Å². The number of hydrogen-bond acceptors (Lipinski definition) is 6. The molecule has 1 fully saturated rings. The van der Waals surface area contributed by atoms with Crippen molar-refractivity contribution in [3.63, 3.8) is 0 Å². The van der Waals surface area contributed by atoms with E-state index in [2.05, 4.69) is 27.5 Å². The van der Waals surface area contributed by atoms with Gasteiger partial charge in [-0.2, -0.15) is 13.2 Å². The van der Waals surface area contributed by atoms with Crippen LogP contribution in [0.25, 0.3) is 5.65 Å². The molecule has 0 spiro atoms. The second-order valence-corrected chi connectivity index (χ2v) is 13.6. The molecule has 6 nitrogen and oxygen atoms in total. The third-order valence-corrected chi connectivity index (χ3v) is 8.34. The molecule has 1 aliphatic heterocycles. The van der Waals surface area contributed by atoms with Gasteiger partial charge in [-0.05, 0) is 69.1 Å². The van der Waals surface area contributed by atoms with Crippen LogP contribution >= 0.6 is 18.9 Å². The van der Waals surface area contributed by atoms with Gasteiger partial charge in [-0.3, -0.25) is 4.40 Å². The molecule has 0 unspecified atom stereocenters. The highest BCUT2D eigenvalue weighted by Gasteiger charge is 2.33. The number of likely N-dealkylation sites (tertiary alicyclic amines) is 1. The number of nitrogens with one attached hydrogen (secondary N) is 2. The van der Waals surface area contributed by atoms with Gasteiger partial charge in [0.2, 0.25) is 0 Å². The topological polar surface area (TPSA) is 61.7 Å². The van der Waals surface area contributed by atoms with E-state index >= 15 is 0 Å². The Balaban J connectivity index is 1.57. The number of halogens is 4. The molecule has 12 heteroatoms. The molecule has 0 amide bonds. The maximum atomic E-state index is 14.6. The number of benzene rings is 1. The van der Waals surface area contributed by atoms with E-state index in [1.54, 1.807) is 49.7 Å². The molecule has 37 heavy (non-hydrogen) atoms. The average Bonchev–Trinajstić information content (AvgIpc) is 3.15.